The Morgan fingerprint density at radius 1 is 1.26 bits per heavy atom. The minimum atomic E-state index is 0.0686. The van der Waals surface area contributed by atoms with Gasteiger partial charge in [0, 0.05) is 29.5 Å². The molecule has 0 atom stereocenters. The maximum atomic E-state index is 12.1. The van der Waals surface area contributed by atoms with Crippen molar-refractivity contribution in [1.82, 2.24) is 9.88 Å². The molecule has 0 N–H and O–H groups in total. The molecule has 0 aliphatic heterocycles. The lowest BCUT2D eigenvalue weighted by atomic mass is 10.1. The lowest BCUT2D eigenvalue weighted by Gasteiger charge is -2.15. The first-order valence-corrected chi connectivity index (χ1v) is 6.39. The van der Waals surface area contributed by atoms with Gasteiger partial charge in [-0.1, -0.05) is 23.7 Å². The van der Waals surface area contributed by atoms with Crippen LogP contribution in [0.1, 0.15) is 15.9 Å². The number of benzene rings is 1. The molecule has 0 spiro atoms. The van der Waals surface area contributed by atoms with Crippen LogP contribution < -0.4 is 0 Å². The van der Waals surface area contributed by atoms with Crippen LogP contribution in [0.4, 0.5) is 0 Å². The first-order valence-electron chi connectivity index (χ1n) is 6.01. The second kappa shape index (κ2) is 6.45. The zero-order valence-corrected chi connectivity index (χ0v) is 11.5. The highest BCUT2D eigenvalue weighted by Crippen LogP contribution is 2.12. The van der Waals surface area contributed by atoms with Crippen LogP contribution in [0.2, 0.25) is 5.02 Å². The number of likely N-dealkylation sites (N-methyl/N-ethyl adjacent to an activating group) is 1. The van der Waals surface area contributed by atoms with Gasteiger partial charge in [-0.05, 0) is 36.9 Å². The summed E-state index contributed by atoms with van der Waals surface area (Å²) in [6.45, 7) is 1.08. The van der Waals surface area contributed by atoms with Gasteiger partial charge in [0.25, 0.3) is 0 Å². The summed E-state index contributed by atoms with van der Waals surface area (Å²) in [5, 5.41) is 0.586. The molecule has 0 saturated carbocycles. The molecule has 1 heterocycles. The van der Waals surface area contributed by atoms with Gasteiger partial charge in [0.05, 0.1) is 6.54 Å². The van der Waals surface area contributed by atoms with E-state index in [1.54, 1.807) is 36.7 Å². The molecule has 0 radical (unpaired) electrons. The summed E-state index contributed by atoms with van der Waals surface area (Å²) >= 11 is 5.88. The van der Waals surface area contributed by atoms with Crippen molar-refractivity contribution in [2.24, 2.45) is 0 Å². The van der Waals surface area contributed by atoms with Gasteiger partial charge in [-0.25, -0.2) is 0 Å². The number of nitrogens with zero attached hydrogens (tertiary/aromatic N) is 2. The van der Waals surface area contributed by atoms with Gasteiger partial charge in [0.1, 0.15) is 0 Å². The molecule has 0 fully saturated rings. The van der Waals surface area contributed by atoms with Crippen molar-refractivity contribution in [2.75, 3.05) is 13.6 Å². The lowest BCUT2D eigenvalue weighted by Crippen LogP contribution is -2.25. The largest absolute Gasteiger partial charge is 0.295 e. The van der Waals surface area contributed by atoms with Gasteiger partial charge < -0.3 is 0 Å². The van der Waals surface area contributed by atoms with Crippen LogP contribution in [-0.2, 0) is 6.54 Å². The number of halogens is 1. The molecular formula is C15H15ClN2O. The van der Waals surface area contributed by atoms with Gasteiger partial charge in [0.2, 0.25) is 0 Å². The van der Waals surface area contributed by atoms with Crippen molar-refractivity contribution in [3.63, 3.8) is 0 Å². The first kappa shape index (κ1) is 13.7. The third kappa shape index (κ3) is 4.16. The van der Waals surface area contributed by atoms with E-state index < -0.39 is 0 Å². The van der Waals surface area contributed by atoms with Crippen LogP contribution in [0.3, 0.4) is 0 Å². The molecule has 0 amide bonds. The van der Waals surface area contributed by atoms with Crippen LogP contribution in [0.25, 0.3) is 0 Å². The van der Waals surface area contributed by atoms with Crippen molar-refractivity contribution < 1.29 is 4.79 Å². The fourth-order valence-corrected chi connectivity index (χ4v) is 2.04. The molecule has 0 saturated heterocycles. The Kier molecular flexibility index (Phi) is 4.66. The number of carbonyl (C=O) groups is 1. The molecule has 1 aromatic heterocycles. The minimum absolute atomic E-state index is 0.0686. The Balaban J connectivity index is 1.95. The van der Waals surface area contributed by atoms with E-state index in [9.17, 15) is 4.79 Å². The maximum absolute atomic E-state index is 12.1. The molecular weight excluding hydrogens is 260 g/mol. The van der Waals surface area contributed by atoms with Crippen LogP contribution >= 0.6 is 11.6 Å². The first-order chi connectivity index (χ1) is 9.15. The topological polar surface area (TPSA) is 33.2 Å². The van der Waals surface area contributed by atoms with Gasteiger partial charge in [-0.3, -0.25) is 14.7 Å². The monoisotopic (exact) mass is 274 g/mol. The summed E-state index contributed by atoms with van der Waals surface area (Å²) < 4.78 is 0. The second-order valence-corrected chi connectivity index (χ2v) is 4.90. The minimum Gasteiger partial charge on any atom is -0.295 e. The SMILES string of the molecule is CN(CC(=O)c1cccc(Cl)c1)Cc1ccncc1. The summed E-state index contributed by atoms with van der Waals surface area (Å²) in [6.07, 6.45) is 3.50. The van der Waals surface area contributed by atoms with Crippen molar-refractivity contribution >= 4 is 17.4 Å². The molecule has 3 nitrogen and oxygen atoms in total. The Hall–Kier alpha value is -1.71. The third-order valence-corrected chi connectivity index (χ3v) is 3.00. The molecule has 2 rings (SSSR count). The van der Waals surface area contributed by atoms with Gasteiger partial charge in [-0.2, -0.15) is 0 Å². The fourth-order valence-electron chi connectivity index (χ4n) is 1.85. The number of rotatable bonds is 5. The van der Waals surface area contributed by atoms with Crippen molar-refractivity contribution in [3.8, 4) is 0 Å². The summed E-state index contributed by atoms with van der Waals surface area (Å²) in [5.41, 5.74) is 1.78. The van der Waals surface area contributed by atoms with Gasteiger partial charge in [0.15, 0.2) is 5.78 Å². The van der Waals surface area contributed by atoms with Crippen molar-refractivity contribution in [2.45, 2.75) is 6.54 Å². The maximum Gasteiger partial charge on any atom is 0.176 e. The van der Waals surface area contributed by atoms with Gasteiger partial charge in [-0.15, -0.1) is 0 Å². The molecule has 1 aromatic carbocycles. The summed E-state index contributed by atoms with van der Waals surface area (Å²) in [6, 6.07) is 10.9. The van der Waals surface area contributed by atoms with Crippen molar-refractivity contribution in [3.05, 3.63) is 64.9 Å². The van der Waals surface area contributed by atoms with E-state index >= 15 is 0 Å². The van der Waals surface area contributed by atoms with Crippen LogP contribution in [0.15, 0.2) is 48.8 Å². The highest BCUT2D eigenvalue weighted by Gasteiger charge is 2.10. The summed E-state index contributed by atoms with van der Waals surface area (Å²) in [5.74, 6) is 0.0686. The van der Waals surface area contributed by atoms with E-state index in [2.05, 4.69) is 4.98 Å². The Morgan fingerprint density at radius 3 is 2.68 bits per heavy atom. The van der Waals surface area contributed by atoms with Crippen LogP contribution in [0, 0.1) is 0 Å². The molecule has 0 aliphatic rings. The Morgan fingerprint density at radius 2 is 2.00 bits per heavy atom. The second-order valence-electron chi connectivity index (χ2n) is 4.46. The molecule has 0 aliphatic carbocycles. The van der Waals surface area contributed by atoms with Crippen LogP contribution in [-0.4, -0.2) is 29.3 Å². The predicted molar refractivity (Wildman–Crippen MR) is 76.4 cm³/mol. The smallest absolute Gasteiger partial charge is 0.176 e. The predicted octanol–water partition coefficient (Wildman–Crippen LogP) is 3.05. The number of hydrogen-bond acceptors (Lipinski definition) is 3. The van der Waals surface area contributed by atoms with E-state index in [1.807, 2.05) is 24.1 Å². The average molecular weight is 275 g/mol. The van der Waals surface area contributed by atoms with E-state index in [4.69, 9.17) is 11.6 Å². The number of ketones is 1. The van der Waals surface area contributed by atoms with E-state index in [1.165, 1.54) is 0 Å². The number of carbonyl (C=O) groups excluding carboxylic acids is 1. The summed E-state index contributed by atoms with van der Waals surface area (Å²) in [7, 11) is 1.92. The fraction of sp³-hybridized carbons (Fsp3) is 0.200. The number of hydrogen-bond donors (Lipinski definition) is 0. The average Bonchev–Trinajstić information content (AvgIpc) is 2.39. The zero-order valence-electron chi connectivity index (χ0n) is 10.7. The molecule has 98 valence electrons. The molecule has 19 heavy (non-hydrogen) atoms. The highest BCUT2D eigenvalue weighted by molar-refractivity contribution is 6.31. The van der Waals surface area contributed by atoms with E-state index in [-0.39, 0.29) is 5.78 Å². The number of pyridine rings is 1. The number of aromatic nitrogens is 1. The standard InChI is InChI=1S/C15H15ClN2O/c1-18(10-12-5-7-17-8-6-12)11-15(19)13-3-2-4-14(16)9-13/h2-9H,10-11H2,1H3. The van der Waals surface area contributed by atoms with Gasteiger partial charge >= 0.3 is 0 Å². The lowest BCUT2D eigenvalue weighted by molar-refractivity contribution is 0.0943. The molecule has 2 aromatic rings. The number of Topliss-reactive ketones (excluding diaryl/α,β-unsaturated/α-hetero) is 1. The molecule has 4 heteroatoms. The van der Waals surface area contributed by atoms with Crippen molar-refractivity contribution in [1.29, 1.82) is 0 Å². The Bertz CT molecular complexity index is 557. The molecule has 0 unspecified atom stereocenters. The van der Waals surface area contributed by atoms with Crippen LogP contribution in [0.5, 0.6) is 0 Å². The zero-order chi connectivity index (χ0) is 13.7. The van der Waals surface area contributed by atoms with E-state index in [0.29, 0.717) is 17.1 Å². The third-order valence-electron chi connectivity index (χ3n) is 2.76. The highest BCUT2D eigenvalue weighted by atomic mass is 35.5. The van der Waals surface area contributed by atoms with E-state index in [0.717, 1.165) is 12.1 Å². The Labute approximate surface area is 117 Å². The summed E-state index contributed by atoms with van der Waals surface area (Å²) in [4.78, 5) is 18.0. The quantitative estimate of drug-likeness (QED) is 0.786. The normalized spacial score (nSPS) is 10.7. The molecule has 0 bridgehead atoms.